The maximum atomic E-state index is 13.5. The minimum Gasteiger partial charge on any atom is -0.465 e. The molecule has 18 heavy (non-hydrogen) atoms. The molecule has 0 saturated heterocycles. The number of methoxy groups -OCH3 is 1. The molecule has 0 spiro atoms. The van der Waals surface area contributed by atoms with E-state index in [4.69, 9.17) is 5.73 Å². The zero-order chi connectivity index (χ0) is 13.3. The predicted molar refractivity (Wildman–Crippen MR) is 70.2 cm³/mol. The van der Waals surface area contributed by atoms with Gasteiger partial charge < -0.3 is 10.5 Å². The summed E-state index contributed by atoms with van der Waals surface area (Å²) in [5.41, 5.74) is 7.37. The number of benzene rings is 1. The average Bonchev–Trinajstić information content (AvgIpc) is 2.74. The fourth-order valence-corrected chi connectivity index (χ4v) is 2.54. The number of carbonyl (C=O) groups is 1. The Labute approximate surface area is 108 Å². The summed E-state index contributed by atoms with van der Waals surface area (Å²) in [5.74, 6) is -0.754. The van der Waals surface area contributed by atoms with Crippen molar-refractivity contribution in [2.75, 3.05) is 12.8 Å². The van der Waals surface area contributed by atoms with E-state index >= 15 is 0 Å². The number of thiophene rings is 1. The molecule has 3 nitrogen and oxygen atoms in total. The second-order valence-corrected chi connectivity index (χ2v) is 4.90. The Hall–Kier alpha value is -1.88. The molecule has 0 saturated carbocycles. The lowest BCUT2D eigenvalue weighted by Crippen LogP contribution is -2.00. The van der Waals surface area contributed by atoms with E-state index in [2.05, 4.69) is 4.74 Å². The molecule has 0 bridgehead atoms. The van der Waals surface area contributed by atoms with Gasteiger partial charge in [0.25, 0.3) is 0 Å². The van der Waals surface area contributed by atoms with Crippen molar-refractivity contribution >= 4 is 23.0 Å². The quantitative estimate of drug-likeness (QED) is 0.848. The summed E-state index contributed by atoms with van der Waals surface area (Å²) >= 11 is 1.19. The molecule has 0 unspecified atom stereocenters. The number of rotatable bonds is 2. The molecule has 94 valence electrons. The fourth-order valence-electron chi connectivity index (χ4n) is 1.55. The molecule has 0 aliphatic carbocycles. The van der Waals surface area contributed by atoms with Gasteiger partial charge in [-0.05, 0) is 30.2 Å². The highest BCUT2D eigenvalue weighted by Gasteiger charge is 2.16. The molecular formula is C13H12FNO2S. The maximum Gasteiger partial charge on any atom is 0.350 e. The lowest BCUT2D eigenvalue weighted by Gasteiger charge is -2.00. The Bertz CT molecular complexity index is 607. The number of aryl methyl sites for hydroxylation is 1. The van der Waals surface area contributed by atoms with E-state index in [1.165, 1.54) is 24.5 Å². The fraction of sp³-hybridized carbons (Fsp3) is 0.154. The molecule has 0 atom stereocenters. The van der Waals surface area contributed by atoms with Crippen molar-refractivity contribution in [3.8, 4) is 10.4 Å². The number of nitrogens with two attached hydrogens (primary N) is 1. The van der Waals surface area contributed by atoms with Crippen LogP contribution in [0.25, 0.3) is 10.4 Å². The van der Waals surface area contributed by atoms with Crippen LogP contribution in [0.1, 0.15) is 15.2 Å². The van der Waals surface area contributed by atoms with Gasteiger partial charge in [0, 0.05) is 4.88 Å². The lowest BCUT2D eigenvalue weighted by atomic mass is 10.1. The van der Waals surface area contributed by atoms with Crippen LogP contribution < -0.4 is 5.73 Å². The molecular weight excluding hydrogens is 253 g/mol. The number of carbonyl (C=O) groups excluding carboxylic acids is 1. The Balaban J connectivity index is 2.45. The lowest BCUT2D eigenvalue weighted by molar-refractivity contribution is 0.0607. The third-order valence-electron chi connectivity index (χ3n) is 2.59. The first kappa shape index (κ1) is 12.6. The first-order chi connectivity index (χ1) is 8.52. The van der Waals surface area contributed by atoms with Gasteiger partial charge in [-0.2, -0.15) is 0 Å². The third kappa shape index (κ3) is 2.22. The van der Waals surface area contributed by atoms with Crippen LogP contribution in [-0.2, 0) is 4.74 Å². The van der Waals surface area contributed by atoms with Crippen molar-refractivity contribution in [2.24, 2.45) is 0 Å². The number of nitrogen functional groups attached to an aromatic ring is 1. The number of esters is 1. The summed E-state index contributed by atoms with van der Waals surface area (Å²) in [6.07, 6.45) is 0. The molecule has 2 rings (SSSR count). The Morgan fingerprint density at radius 1 is 1.39 bits per heavy atom. The van der Waals surface area contributed by atoms with Crippen molar-refractivity contribution in [2.45, 2.75) is 6.92 Å². The smallest absolute Gasteiger partial charge is 0.350 e. The van der Waals surface area contributed by atoms with Crippen LogP contribution in [-0.4, -0.2) is 13.1 Å². The molecule has 0 fully saturated rings. The van der Waals surface area contributed by atoms with E-state index in [-0.39, 0.29) is 5.82 Å². The zero-order valence-electron chi connectivity index (χ0n) is 9.99. The van der Waals surface area contributed by atoms with E-state index < -0.39 is 5.97 Å². The van der Waals surface area contributed by atoms with Crippen LogP contribution in [0.5, 0.6) is 0 Å². The summed E-state index contributed by atoms with van der Waals surface area (Å²) in [6, 6.07) is 6.58. The van der Waals surface area contributed by atoms with E-state index in [1.54, 1.807) is 25.1 Å². The van der Waals surface area contributed by atoms with E-state index in [0.717, 1.165) is 4.88 Å². The van der Waals surface area contributed by atoms with Crippen molar-refractivity contribution in [3.63, 3.8) is 0 Å². The first-order valence-electron chi connectivity index (χ1n) is 5.27. The molecule has 1 aromatic carbocycles. The van der Waals surface area contributed by atoms with Crippen molar-refractivity contribution in [1.29, 1.82) is 0 Å². The zero-order valence-corrected chi connectivity index (χ0v) is 10.8. The highest BCUT2D eigenvalue weighted by Crippen LogP contribution is 2.34. The van der Waals surface area contributed by atoms with Gasteiger partial charge in [-0.15, -0.1) is 11.3 Å². The molecule has 1 aromatic heterocycles. The summed E-state index contributed by atoms with van der Waals surface area (Å²) in [4.78, 5) is 12.5. The van der Waals surface area contributed by atoms with Crippen LogP contribution in [0.4, 0.5) is 10.1 Å². The van der Waals surface area contributed by atoms with Crippen molar-refractivity contribution in [3.05, 3.63) is 40.5 Å². The van der Waals surface area contributed by atoms with Crippen LogP contribution in [0.3, 0.4) is 0 Å². The highest BCUT2D eigenvalue weighted by atomic mass is 32.1. The number of ether oxygens (including phenoxy) is 1. The van der Waals surface area contributed by atoms with Gasteiger partial charge in [0.15, 0.2) is 0 Å². The van der Waals surface area contributed by atoms with Gasteiger partial charge in [0.05, 0.1) is 12.8 Å². The summed E-state index contributed by atoms with van der Waals surface area (Å²) < 4.78 is 18.1. The third-order valence-corrected chi connectivity index (χ3v) is 3.77. The Morgan fingerprint density at radius 3 is 2.72 bits per heavy atom. The molecule has 0 aliphatic rings. The largest absolute Gasteiger partial charge is 0.465 e. The normalized spacial score (nSPS) is 10.4. The molecule has 0 amide bonds. The number of anilines is 1. The molecule has 1 heterocycles. The Morgan fingerprint density at radius 2 is 2.11 bits per heavy atom. The van der Waals surface area contributed by atoms with E-state index in [9.17, 15) is 9.18 Å². The SMILES string of the molecule is COC(=O)c1sc(-c2ccc(C)c(F)c2)cc1N. The molecule has 0 radical (unpaired) electrons. The van der Waals surface area contributed by atoms with Gasteiger partial charge in [-0.3, -0.25) is 0 Å². The van der Waals surface area contributed by atoms with Crippen LogP contribution in [0, 0.1) is 12.7 Å². The maximum absolute atomic E-state index is 13.5. The average molecular weight is 265 g/mol. The van der Waals surface area contributed by atoms with Gasteiger partial charge >= 0.3 is 5.97 Å². The molecule has 5 heteroatoms. The van der Waals surface area contributed by atoms with Crippen LogP contribution in [0.15, 0.2) is 24.3 Å². The van der Waals surface area contributed by atoms with E-state index in [1.807, 2.05) is 0 Å². The summed E-state index contributed by atoms with van der Waals surface area (Å²) in [5, 5.41) is 0. The standard InChI is InChI=1S/C13H12FNO2S/c1-7-3-4-8(5-9(7)14)11-6-10(15)12(18-11)13(16)17-2/h3-6H,15H2,1-2H3. The summed E-state index contributed by atoms with van der Waals surface area (Å²) in [7, 11) is 1.30. The van der Waals surface area contributed by atoms with Crippen molar-refractivity contribution in [1.82, 2.24) is 0 Å². The summed E-state index contributed by atoms with van der Waals surface area (Å²) in [6.45, 7) is 1.70. The highest BCUT2D eigenvalue weighted by molar-refractivity contribution is 7.18. The second-order valence-electron chi connectivity index (χ2n) is 3.85. The van der Waals surface area contributed by atoms with E-state index in [0.29, 0.717) is 21.7 Å². The topological polar surface area (TPSA) is 52.3 Å². The number of halogens is 1. The minimum atomic E-state index is -0.476. The van der Waals surface area contributed by atoms with Gasteiger partial charge in [-0.25, -0.2) is 9.18 Å². The molecule has 2 aromatic rings. The van der Waals surface area contributed by atoms with Crippen LogP contribution >= 0.6 is 11.3 Å². The molecule has 2 N–H and O–H groups in total. The Kier molecular flexibility index (Phi) is 3.34. The van der Waals surface area contributed by atoms with Gasteiger partial charge in [-0.1, -0.05) is 12.1 Å². The predicted octanol–water partition coefficient (Wildman–Crippen LogP) is 3.23. The second kappa shape index (κ2) is 4.78. The minimum absolute atomic E-state index is 0.279. The molecule has 0 aliphatic heterocycles. The van der Waals surface area contributed by atoms with Crippen LogP contribution in [0.2, 0.25) is 0 Å². The first-order valence-corrected chi connectivity index (χ1v) is 6.08. The number of hydrogen-bond donors (Lipinski definition) is 1. The van der Waals surface area contributed by atoms with Crippen molar-refractivity contribution < 1.29 is 13.9 Å². The van der Waals surface area contributed by atoms with Gasteiger partial charge in [0.1, 0.15) is 10.7 Å². The number of hydrogen-bond acceptors (Lipinski definition) is 4. The monoisotopic (exact) mass is 265 g/mol. The van der Waals surface area contributed by atoms with Gasteiger partial charge in [0.2, 0.25) is 0 Å².